The van der Waals surface area contributed by atoms with E-state index in [-0.39, 0.29) is 29.8 Å². The van der Waals surface area contributed by atoms with Crippen molar-refractivity contribution in [2.24, 2.45) is 5.92 Å². The van der Waals surface area contributed by atoms with Gasteiger partial charge in [0, 0.05) is 12.1 Å². The number of hydrogen-bond acceptors (Lipinski definition) is 6. The van der Waals surface area contributed by atoms with Crippen molar-refractivity contribution in [3.63, 3.8) is 0 Å². The first-order valence-corrected chi connectivity index (χ1v) is 7.80. The average Bonchev–Trinajstić information content (AvgIpc) is 3.26. The Balaban J connectivity index is 1.82. The fourth-order valence-corrected chi connectivity index (χ4v) is 2.69. The molecular formula is C16H15F3N4O2. The Labute approximate surface area is 141 Å². The first-order valence-electron chi connectivity index (χ1n) is 7.80. The van der Waals surface area contributed by atoms with Gasteiger partial charge in [-0.3, -0.25) is 0 Å². The summed E-state index contributed by atoms with van der Waals surface area (Å²) in [6.07, 6.45) is -2.63. The van der Waals surface area contributed by atoms with Crippen molar-refractivity contribution in [2.75, 3.05) is 24.4 Å². The van der Waals surface area contributed by atoms with Crippen LogP contribution >= 0.6 is 0 Å². The first kappa shape index (κ1) is 15.8. The third-order valence-corrected chi connectivity index (χ3v) is 4.11. The van der Waals surface area contributed by atoms with Gasteiger partial charge in [0.2, 0.25) is 12.7 Å². The van der Waals surface area contributed by atoms with Gasteiger partial charge in [0.05, 0.1) is 5.69 Å². The molecule has 1 aromatic heterocycles. The lowest BCUT2D eigenvalue weighted by Gasteiger charge is -2.18. The highest BCUT2D eigenvalue weighted by molar-refractivity contribution is 5.73. The standard InChI is InChI=1S/C16H15F3N4O2/c17-16(18,19)12-13(9-3-4-10-11(5-9)25-7-24-10)22-15(20)23-14(12)21-6-8-1-2-8/h3-5,8H,1-2,6-7H2,(H3,20,21,22,23). The average molecular weight is 352 g/mol. The van der Waals surface area contributed by atoms with Crippen LogP contribution in [0.5, 0.6) is 11.5 Å². The number of halogens is 3. The summed E-state index contributed by atoms with van der Waals surface area (Å²) >= 11 is 0. The van der Waals surface area contributed by atoms with Crippen LogP contribution in [0.25, 0.3) is 11.3 Å². The van der Waals surface area contributed by atoms with E-state index in [4.69, 9.17) is 15.2 Å². The van der Waals surface area contributed by atoms with E-state index in [1.165, 1.54) is 12.1 Å². The number of anilines is 2. The smallest absolute Gasteiger partial charge is 0.422 e. The molecule has 1 saturated carbocycles. The normalized spacial score (nSPS) is 16.1. The second-order valence-corrected chi connectivity index (χ2v) is 6.04. The molecule has 0 atom stereocenters. The highest BCUT2D eigenvalue weighted by atomic mass is 19.4. The molecule has 1 fully saturated rings. The molecule has 25 heavy (non-hydrogen) atoms. The zero-order valence-electron chi connectivity index (χ0n) is 13.1. The number of nitrogens with zero attached hydrogens (tertiary/aromatic N) is 2. The van der Waals surface area contributed by atoms with Crippen LogP contribution in [-0.4, -0.2) is 23.3 Å². The van der Waals surface area contributed by atoms with Crippen LogP contribution in [0.15, 0.2) is 18.2 Å². The molecule has 0 saturated heterocycles. The molecule has 0 unspecified atom stereocenters. The number of rotatable bonds is 4. The number of benzene rings is 1. The zero-order chi connectivity index (χ0) is 17.6. The van der Waals surface area contributed by atoms with E-state index in [0.717, 1.165) is 12.8 Å². The van der Waals surface area contributed by atoms with E-state index in [2.05, 4.69) is 15.3 Å². The molecule has 0 spiro atoms. The molecule has 9 heteroatoms. The van der Waals surface area contributed by atoms with Crippen LogP contribution in [-0.2, 0) is 6.18 Å². The van der Waals surface area contributed by atoms with Gasteiger partial charge in [-0.25, -0.2) is 4.98 Å². The summed E-state index contributed by atoms with van der Waals surface area (Å²) in [6, 6.07) is 4.51. The lowest BCUT2D eigenvalue weighted by molar-refractivity contribution is -0.136. The maximum Gasteiger partial charge on any atom is 0.422 e. The predicted octanol–water partition coefficient (Wildman–Crippen LogP) is 3.30. The Morgan fingerprint density at radius 3 is 2.64 bits per heavy atom. The molecule has 0 amide bonds. The van der Waals surface area contributed by atoms with Gasteiger partial charge < -0.3 is 20.5 Å². The molecule has 1 aliphatic carbocycles. The van der Waals surface area contributed by atoms with Crippen molar-refractivity contribution in [3.05, 3.63) is 23.8 Å². The molecule has 2 aliphatic rings. The van der Waals surface area contributed by atoms with Crippen molar-refractivity contribution in [3.8, 4) is 22.8 Å². The maximum atomic E-state index is 13.7. The largest absolute Gasteiger partial charge is 0.454 e. The minimum Gasteiger partial charge on any atom is -0.454 e. The Morgan fingerprint density at radius 2 is 1.92 bits per heavy atom. The van der Waals surface area contributed by atoms with E-state index in [0.29, 0.717) is 24.0 Å². The maximum absolute atomic E-state index is 13.7. The van der Waals surface area contributed by atoms with Gasteiger partial charge in [0.25, 0.3) is 0 Å². The summed E-state index contributed by atoms with van der Waals surface area (Å²) in [6.45, 7) is 0.463. The van der Waals surface area contributed by atoms with Gasteiger partial charge in [-0.2, -0.15) is 18.2 Å². The first-order chi connectivity index (χ1) is 11.9. The van der Waals surface area contributed by atoms with Gasteiger partial charge >= 0.3 is 6.18 Å². The van der Waals surface area contributed by atoms with Gasteiger partial charge in [-0.15, -0.1) is 0 Å². The van der Waals surface area contributed by atoms with E-state index < -0.39 is 11.7 Å². The summed E-state index contributed by atoms with van der Waals surface area (Å²) in [7, 11) is 0. The van der Waals surface area contributed by atoms with E-state index in [1.807, 2.05) is 0 Å². The summed E-state index contributed by atoms with van der Waals surface area (Å²) in [5.74, 6) is 0.714. The second kappa shape index (κ2) is 5.68. The van der Waals surface area contributed by atoms with Crippen molar-refractivity contribution < 1.29 is 22.6 Å². The SMILES string of the molecule is Nc1nc(NCC2CC2)c(C(F)(F)F)c(-c2ccc3c(c2)OCO3)n1. The fourth-order valence-electron chi connectivity index (χ4n) is 2.69. The van der Waals surface area contributed by atoms with Crippen LogP contribution in [0.2, 0.25) is 0 Å². The number of nitrogen functional groups attached to an aromatic ring is 1. The van der Waals surface area contributed by atoms with Crippen molar-refractivity contribution >= 4 is 11.8 Å². The summed E-state index contributed by atoms with van der Waals surface area (Å²) in [5, 5.41) is 2.78. The van der Waals surface area contributed by atoms with Crippen LogP contribution in [0.1, 0.15) is 18.4 Å². The predicted molar refractivity (Wildman–Crippen MR) is 84.2 cm³/mol. The van der Waals surface area contributed by atoms with Crippen LogP contribution in [0, 0.1) is 5.92 Å². The lowest BCUT2D eigenvalue weighted by atomic mass is 10.0. The molecule has 0 radical (unpaired) electrons. The number of nitrogens with one attached hydrogen (secondary N) is 1. The monoisotopic (exact) mass is 352 g/mol. The third kappa shape index (κ3) is 3.13. The Morgan fingerprint density at radius 1 is 1.16 bits per heavy atom. The molecule has 4 rings (SSSR count). The summed E-state index contributed by atoms with van der Waals surface area (Å²) in [5.41, 5.74) is 4.68. The molecular weight excluding hydrogens is 337 g/mol. The van der Waals surface area contributed by atoms with Crippen molar-refractivity contribution in [1.29, 1.82) is 0 Å². The highest BCUT2D eigenvalue weighted by Crippen LogP contribution is 2.43. The molecule has 0 bridgehead atoms. The molecule has 1 aliphatic heterocycles. The molecule has 3 N–H and O–H groups in total. The highest BCUT2D eigenvalue weighted by Gasteiger charge is 2.39. The Kier molecular flexibility index (Phi) is 3.59. The Bertz CT molecular complexity index is 822. The minimum absolute atomic E-state index is 0.0328. The molecule has 132 valence electrons. The fraction of sp³-hybridized carbons (Fsp3) is 0.375. The second-order valence-electron chi connectivity index (χ2n) is 6.04. The van der Waals surface area contributed by atoms with Gasteiger partial charge in [-0.1, -0.05) is 0 Å². The number of aromatic nitrogens is 2. The number of fused-ring (bicyclic) bond motifs is 1. The number of hydrogen-bond donors (Lipinski definition) is 2. The quantitative estimate of drug-likeness (QED) is 0.879. The summed E-state index contributed by atoms with van der Waals surface area (Å²) < 4.78 is 51.6. The number of alkyl halides is 3. The van der Waals surface area contributed by atoms with Gasteiger partial charge in [0.15, 0.2) is 11.5 Å². The van der Waals surface area contributed by atoms with E-state index in [9.17, 15) is 13.2 Å². The van der Waals surface area contributed by atoms with E-state index in [1.54, 1.807) is 6.07 Å². The minimum atomic E-state index is -4.63. The molecule has 6 nitrogen and oxygen atoms in total. The van der Waals surface area contributed by atoms with Crippen molar-refractivity contribution in [2.45, 2.75) is 19.0 Å². The van der Waals surface area contributed by atoms with Crippen LogP contribution in [0.4, 0.5) is 24.9 Å². The van der Waals surface area contributed by atoms with Gasteiger partial charge in [0.1, 0.15) is 11.4 Å². The van der Waals surface area contributed by atoms with Gasteiger partial charge in [-0.05, 0) is 37.0 Å². The van der Waals surface area contributed by atoms with Crippen LogP contribution < -0.4 is 20.5 Å². The number of nitrogens with two attached hydrogens (primary N) is 1. The van der Waals surface area contributed by atoms with Crippen LogP contribution in [0.3, 0.4) is 0 Å². The third-order valence-electron chi connectivity index (χ3n) is 4.11. The van der Waals surface area contributed by atoms with Crippen molar-refractivity contribution in [1.82, 2.24) is 9.97 Å². The molecule has 2 heterocycles. The summed E-state index contributed by atoms with van der Waals surface area (Å²) in [4.78, 5) is 7.63. The molecule has 1 aromatic carbocycles. The number of ether oxygens (including phenoxy) is 2. The zero-order valence-corrected chi connectivity index (χ0v) is 13.1. The molecule has 2 aromatic rings. The lowest BCUT2D eigenvalue weighted by Crippen LogP contribution is -2.18. The van der Waals surface area contributed by atoms with E-state index >= 15 is 0 Å². The topological polar surface area (TPSA) is 82.3 Å². The Hall–Kier alpha value is -2.71.